The summed E-state index contributed by atoms with van der Waals surface area (Å²) in [5, 5.41) is 13.3. The summed E-state index contributed by atoms with van der Waals surface area (Å²) in [5.41, 5.74) is 1.09. The molecular weight excluding hydrogens is 270 g/mol. The first-order valence-corrected chi connectivity index (χ1v) is 6.80. The highest BCUT2D eigenvalue weighted by Gasteiger charge is 2.13. The summed E-state index contributed by atoms with van der Waals surface area (Å²) >= 11 is 0. The molecule has 0 aliphatic rings. The van der Waals surface area contributed by atoms with Gasteiger partial charge in [-0.2, -0.15) is 5.10 Å². The molecule has 0 aliphatic heterocycles. The van der Waals surface area contributed by atoms with Gasteiger partial charge in [-0.1, -0.05) is 19.9 Å². The molecule has 1 aromatic carbocycles. The first-order valence-electron chi connectivity index (χ1n) is 6.80. The molecule has 0 saturated heterocycles. The molecular formula is C15H19N3O3. The second kappa shape index (κ2) is 6.39. The standard InChI is InChI=1S/C15H19N3O3/c1-10(2)7-18-14(16-9-17-18)8-21-13-6-11(3)4-5-12(13)15(19)20/h4-6,9-10H,7-8H2,1-3H3,(H,19,20). The quantitative estimate of drug-likeness (QED) is 0.884. The molecule has 0 fully saturated rings. The Morgan fingerprint density at radius 2 is 2.19 bits per heavy atom. The molecule has 0 amide bonds. The largest absolute Gasteiger partial charge is 0.485 e. The number of hydrogen-bond donors (Lipinski definition) is 1. The van der Waals surface area contributed by atoms with Crippen molar-refractivity contribution < 1.29 is 14.6 Å². The Kier molecular flexibility index (Phi) is 4.57. The third-order valence-electron chi connectivity index (χ3n) is 2.96. The van der Waals surface area contributed by atoms with Crippen LogP contribution in [-0.4, -0.2) is 25.8 Å². The van der Waals surface area contributed by atoms with Crippen LogP contribution >= 0.6 is 0 Å². The molecule has 1 aromatic heterocycles. The number of carboxylic acid groups (broad SMARTS) is 1. The SMILES string of the molecule is Cc1ccc(C(=O)O)c(OCc2ncnn2CC(C)C)c1. The predicted molar refractivity (Wildman–Crippen MR) is 77.3 cm³/mol. The topological polar surface area (TPSA) is 77.2 Å². The van der Waals surface area contributed by atoms with E-state index in [4.69, 9.17) is 4.74 Å². The first kappa shape index (κ1) is 15.0. The van der Waals surface area contributed by atoms with E-state index in [1.165, 1.54) is 6.33 Å². The van der Waals surface area contributed by atoms with Crippen LogP contribution in [0.2, 0.25) is 0 Å². The van der Waals surface area contributed by atoms with Gasteiger partial charge in [-0.05, 0) is 30.5 Å². The summed E-state index contributed by atoms with van der Waals surface area (Å²) in [6.45, 7) is 7.01. The van der Waals surface area contributed by atoms with Crippen LogP contribution in [0.1, 0.15) is 35.6 Å². The maximum absolute atomic E-state index is 11.2. The zero-order valence-corrected chi connectivity index (χ0v) is 12.4. The van der Waals surface area contributed by atoms with E-state index in [9.17, 15) is 9.90 Å². The highest BCUT2D eigenvalue weighted by molar-refractivity contribution is 5.90. The van der Waals surface area contributed by atoms with Gasteiger partial charge < -0.3 is 9.84 Å². The van der Waals surface area contributed by atoms with E-state index >= 15 is 0 Å². The van der Waals surface area contributed by atoms with Gasteiger partial charge in [0, 0.05) is 6.54 Å². The van der Waals surface area contributed by atoms with Gasteiger partial charge in [-0.15, -0.1) is 0 Å². The molecule has 2 aromatic rings. The normalized spacial score (nSPS) is 10.9. The van der Waals surface area contributed by atoms with Crippen molar-refractivity contribution in [1.82, 2.24) is 14.8 Å². The Bertz CT molecular complexity index is 635. The Morgan fingerprint density at radius 1 is 1.43 bits per heavy atom. The van der Waals surface area contributed by atoms with Gasteiger partial charge in [0.05, 0.1) is 0 Å². The van der Waals surface area contributed by atoms with Crippen molar-refractivity contribution >= 4 is 5.97 Å². The van der Waals surface area contributed by atoms with Crippen LogP contribution in [0, 0.1) is 12.8 Å². The number of aryl methyl sites for hydroxylation is 1. The van der Waals surface area contributed by atoms with Crippen LogP contribution in [-0.2, 0) is 13.2 Å². The van der Waals surface area contributed by atoms with Gasteiger partial charge in [-0.25, -0.2) is 14.5 Å². The maximum atomic E-state index is 11.2. The third-order valence-corrected chi connectivity index (χ3v) is 2.96. The molecule has 1 N–H and O–H groups in total. The van der Waals surface area contributed by atoms with Crippen molar-refractivity contribution in [3.63, 3.8) is 0 Å². The molecule has 0 unspecified atom stereocenters. The van der Waals surface area contributed by atoms with Gasteiger partial charge in [0.15, 0.2) is 5.82 Å². The first-order chi connectivity index (χ1) is 9.97. The van der Waals surface area contributed by atoms with Gasteiger partial charge >= 0.3 is 5.97 Å². The van der Waals surface area contributed by atoms with Gasteiger partial charge in [0.2, 0.25) is 0 Å². The Morgan fingerprint density at radius 3 is 2.86 bits per heavy atom. The highest BCUT2D eigenvalue weighted by atomic mass is 16.5. The predicted octanol–water partition coefficient (Wildman–Crippen LogP) is 2.52. The van der Waals surface area contributed by atoms with Crippen molar-refractivity contribution in [2.75, 3.05) is 0 Å². The monoisotopic (exact) mass is 289 g/mol. The van der Waals surface area contributed by atoms with E-state index in [1.54, 1.807) is 22.9 Å². The van der Waals surface area contributed by atoms with Crippen LogP contribution in [0.5, 0.6) is 5.75 Å². The molecule has 0 bridgehead atoms. The second-order valence-corrected chi connectivity index (χ2v) is 5.35. The molecule has 1 heterocycles. The summed E-state index contributed by atoms with van der Waals surface area (Å²) in [6, 6.07) is 5.01. The smallest absolute Gasteiger partial charge is 0.339 e. The van der Waals surface area contributed by atoms with E-state index in [0.29, 0.717) is 17.5 Å². The average Bonchev–Trinajstić information content (AvgIpc) is 2.82. The summed E-state index contributed by atoms with van der Waals surface area (Å²) < 4.78 is 7.42. The van der Waals surface area contributed by atoms with Crippen molar-refractivity contribution in [1.29, 1.82) is 0 Å². The summed E-state index contributed by atoms with van der Waals surface area (Å²) in [7, 11) is 0. The lowest BCUT2D eigenvalue weighted by molar-refractivity contribution is 0.0691. The Balaban J connectivity index is 2.15. The second-order valence-electron chi connectivity index (χ2n) is 5.35. The number of ether oxygens (including phenoxy) is 1. The van der Waals surface area contributed by atoms with Crippen molar-refractivity contribution in [3.05, 3.63) is 41.5 Å². The fourth-order valence-electron chi connectivity index (χ4n) is 1.97. The van der Waals surface area contributed by atoms with Gasteiger partial charge in [0.25, 0.3) is 0 Å². The van der Waals surface area contributed by atoms with E-state index in [1.807, 2.05) is 6.92 Å². The summed E-state index contributed by atoms with van der Waals surface area (Å²) in [5.74, 6) is 0.468. The van der Waals surface area contributed by atoms with Gasteiger partial charge in [0.1, 0.15) is 24.2 Å². The van der Waals surface area contributed by atoms with Crippen molar-refractivity contribution in [2.45, 2.75) is 33.9 Å². The Labute approximate surface area is 123 Å². The molecule has 6 nitrogen and oxygen atoms in total. The number of hydrogen-bond acceptors (Lipinski definition) is 4. The molecule has 0 spiro atoms. The van der Waals surface area contributed by atoms with Crippen LogP contribution in [0.3, 0.4) is 0 Å². The fraction of sp³-hybridized carbons (Fsp3) is 0.400. The molecule has 0 radical (unpaired) electrons. The zero-order valence-electron chi connectivity index (χ0n) is 12.4. The third kappa shape index (κ3) is 3.81. The van der Waals surface area contributed by atoms with E-state index in [-0.39, 0.29) is 12.2 Å². The van der Waals surface area contributed by atoms with E-state index in [2.05, 4.69) is 23.9 Å². The minimum absolute atomic E-state index is 0.149. The minimum atomic E-state index is -1.01. The molecule has 0 saturated carbocycles. The van der Waals surface area contributed by atoms with Crippen LogP contribution in [0.15, 0.2) is 24.5 Å². The Hall–Kier alpha value is -2.37. The molecule has 6 heteroatoms. The van der Waals surface area contributed by atoms with Crippen molar-refractivity contribution in [3.8, 4) is 5.75 Å². The van der Waals surface area contributed by atoms with Crippen LogP contribution in [0.4, 0.5) is 0 Å². The minimum Gasteiger partial charge on any atom is -0.485 e. The number of benzene rings is 1. The lowest BCUT2D eigenvalue weighted by Crippen LogP contribution is -2.13. The number of carboxylic acids is 1. The molecule has 0 aliphatic carbocycles. The van der Waals surface area contributed by atoms with Crippen molar-refractivity contribution in [2.24, 2.45) is 5.92 Å². The van der Waals surface area contributed by atoms with Crippen LogP contribution < -0.4 is 4.74 Å². The summed E-state index contributed by atoms with van der Waals surface area (Å²) in [4.78, 5) is 15.4. The number of nitrogens with zero attached hydrogens (tertiary/aromatic N) is 3. The fourth-order valence-corrected chi connectivity index (χ4v) is 1.97. The van der Waals surface area contributed by atoms with Crippen LogP contribution in [0.25, 0.3) is 0 Å². The lowest BCUT2D eigenvalue weighted by Gasteiger charge is -2.11. The van der Waals surface area contributed by atoms with E-state index in [0.717, 1.165) is 12.1 Å². The summed E-state index contributed by atoms with van der Waals surface area (Å²) in [6.07, 6.45) is 1.48. The number of rotatable bonds is 6. The lowest BCUT2D eigenvalue weighted by atomic mass is 10.1. The molecule has 21 heavy (non-hydrogen) atoms. The highest BCUT2D eigenvalue weighted by Crippen LogP contribution is 2.21. The molecule has 0 atom stereocenters. The number of carbonyl (C=O) groups is 1. The maximum Gasteiger partial charge on any atom is 0.339 e. The average molecular weight is 289 g/mol. The number of aromatic carboxylic acids is 1. The molecule has 112 valence electrons. The van der Waals surface area contributed by atoms with E-state index < -0.39 is 5.97 Å². The number of aromatic nitrogens is 3. The zero-order chi connectivity index (χ0) is 15.4. The molecule has 2 rings (SSSR count). The van der Waals surface area contributed by atoms with Gasteiger partial charge in [-0.3, -0.25) is 0 Å².